The van der Waals surface area contributed by atoms with Crippen molar-refractivity contribution in [1.82, 2.24) is 28.9 Å². The SMILES string of the molecule is COc1cc(-c2cnn(C)c2)cn2ncc(-c3cnc(CF)n3C)c12. The van der Waals surface area contributed by atoms with Crippen LogP contribution >= 0.6 is 0 Å². The third-order valence-corrected chi connectivity index (χ3v) is 4.31. The molecular formula is C17H17FN6O. The standard InChI is InChI=1S/C17H17FN6O/c1-22-9-12(6-20-22)11-4-15(25-3)17-13(7-21-24(17)10-11)14-8-19-16(5-18)23(14)2/h4,6-10H,5H2,1-3H3. The van der Waals surface area contributed by atoms with Crippen LogP contribution in [0.15, 0.2) is 37.1 Å². The first-order valence-corrected chi connectivity index (χ1v) is 7.73. The van der Waals surface area contributed by atoms with E-state index in [-0.39, 0.29) is 0 Å². The quantitative estimate of drug-likeness (QED) is 0.573. The minimum Gasteiger partial charge on any atom is -0.494 e. The van der Waals surface area contributed by atoms with Gasteiger partial charge in [0.2, 0.25) is 0 Å². The molecule has 0 N–H and O–H groups in total. The third kappa shape index (κ3) is 2.37. The largest absolute Gasteiger partial charge is 0.494 e. The first-order chi connectivity index (χ1) is 12.1. The minimum atomic E-state index is -0.613. The summed E-state index contributed by atoms with van der Waals surface area (Å²) in [5.74, 6) is 1.05. The lowest BCUT2D eigenvalue weighted by Gasteiger charge is -2.09. The molecule has 0 aliphatic carbocycles. The fraction of sp³-hybridized carbons (Fsp3) is 0.235. The summed E-state index contributed by atoms with van der Waals surface area (Å²) in [5, 5.41) is 8.65. The summed E-state index contributed by atoms with van der Waals surface area (Å²) >= 11 is 0. The number of methoxy groups -OCH3 is 1. The highest BCUT2D eigenvalue weighted by atomic mass is 19.1. The molecule has 4 aromatic rings. The zero-order valence-corrected chi connectivity index (χ0v) is 14.1. The topological polar surface area (TPSA) is 62.2 Å². The van der Waals surface area contributed by atoms with Gasteiger partial charge in [-0.05, 0) is 6.07 Å². The lowest BCUT2D eigenvalue weighted by Crippen LogP contribution is -1.98. The van der Waals surface area contributed by atoms with Gasteiger partial charge in [0.05, 0.1) is 31.4 Å². The Labute approximate surface area is 143 Å². The average molecular weight is 340 g/mol. The van der Waals surface area contributed by atoms with Crippen molar-refractivity contribution in [3.63, 3.8) is 0 Å². The van der Waals surface area contributed by atoms with Crippen molar-refractivity contribution in [3.8, 4) is 28.1 Å². The van der Waals surface area contributed by atoms with Crippen molar-refractivity contribution >= 4 is 5.52 Å². The van der Waals surface area contributed by atoms with Gasteiger partial charge in [0.25, 0.3) is 0 Å². The van der Waals surface area contributed by atoms with E-state index < -0.39 is 6.67 Å². The van der Waals surface area contributed by atoms with E-state index in [0.717, 1.165) is 27.9 Å². The van der Waals surface area contributed by atoms with Crippen molar-refractivity contribution in [2.24, 2.45) is 14.1 Å². The molecule has 4 aromatic heterocycles. The maximum absolute atomic E-state index is 13.0. The van der Waals surface area contributed by atoms with Crippen molar-refractivity contribution in [1.29, 1.82) is 0 Å². The second-order valence-electron chi connectivity index (χ2n) is 5.80. The molecule has 0 saturated heterocycles. The van der Waals surface area contributed by atoms with Gasteiger partial charge in [-0.3, -0.25) is 4.68 Å². The molecule has 0 aliphatic heterocycles. The van der Waals surface area contributed by atoms with Crippen molar-refractivity contribution in [3.05, 3.63) is 42.9 Å². The Morgan fingerprint density at radius 1 is 1.08 bits per heavy atom. The van der Waals surface area contributed by atoms with Crippen LogP contribution in [0.5, 0.6) is 5.75 Å². The first-order valence-electron chi connectivity index (χ1n) is 7.73. The Hall–Kier alpha value is -3.16. The van der Waals surface area contributed by atoms with E-state index in [4.69, 9.17) is 4.74 Å². The van der Waals surface area contributed by atoms with Gasteiger partial charge >= 0.3 is 0 Å². The molecule has 0 bridgehead atoms. The predicted molar refractivity (Wildman–Crippen MR) is 91.0 cm³/mol. The van der Waals surface area contributed by atoms with Gasteiger partial charge in [-0.15, -0.1) is 0 Å². The van der Waals surface area contributed by atoms with E-state index in [1.54, 1.807) is 46.5 Å². The highest BCUT2D eigenvalue weighted by Gasteiger charge is 2.18. The number of fused-ring (bicyclic) bond motifs is 1. The van der Waals surface area contributed by atoms with E-state index in [9.17, 15) is 4.39 Å². The number of ether oxygens (including phenoxy) is 1. The van der Waals surface area contributed by atoms with Crippen LogP contribution in [0.1, 0.15) is 5.82 Å². The average Bonchev–Trinajstić information content (AvgIpc) is 3.32. The summed E-state index contributed by atoms with van der Waals surface area (Å²) in [4.78, 5) is 4.12. The molecule has 0 saturated carbocycles. The van der Waals surface area contributed by atoms with E-state index in [2.05, 4.69) is 15.2 Å². The number of aryl methyl sites for hydroxylation is 1. The number of alkyl halides is 1. The van der Waals surface area contributed by atoms with Crippen LogP contribution in [0.4, 0.5) is 4.39 Å². The molecule has 25 heavy (non-hydrogen) atoms. The van der Waals surface area contributed by atoms with Crippen LogP contribution in [0, 0.1) is 0 Å². The van der Waals surface area contributed by atoms with Gasteiger partial charge in [0.15, 0.2) is 0 Å². The summed E-state index contributed by atoms with van der Waals surface area (Å²) in [6, 6.07) is 1.95. The van der Waals surface area contributed by atoms with Crippen LogP contribution in [0.25, 0.3) is 27.9 Å². The number of pyridine rings is 1. The van der Waals surface area contributed by atoms with Crippen LogP contribution in [0.2, 0.25) is 0 Å². The molecule has 0 aromatic carbocycles. The fourth-order valence-corrected chi connectivity index (χ4v) is 2.98. The Morgan fingerprint density at radius 3 is 2.56 bits per heavy atom. The zero-order chi connectivity index (χ0) is 17.6. The molecule has 0 radical (unpaired) electrons. The van der Waals surface area contributed by atoms with Crippen LogP contribution in [-0.2, 0) is 20.8 Å². The van der Waals surface area contributed by atoms with Crippen LogP contribution in [-0.4, -0.2) is 36.1 Å². The van der Waals surface area contributed by atoms with Gasteiger partial charge in [0.1, 0.15) is 23.8 Å². The molecule has 0 spiro atoms. The summed E-state index contributed by atoms with van der Waals surface area (Å²) in [6.07, 6.45) is 9.04. The van der Waals surface area contributed by atoms with Gasteiger partial charge < -0.3 is 9.30 Å². The third-order valence-electron chi connectivity index (χ3n) is 4.31. The Balaban J connectivity index is 1.92. The van der Waals surface area contributed by atoms with E-state index in [1.807, 2.05) is 25.5 Å². The number of rotatable bonds is 4. The molecular weight excluding hydrogens is 323 g/mol. The maximum Gasteiger partial charge on any atom is 0.147 e. The number of imidazole rings is 1. The van der Waals surface area contributed by atoms with Gasteiger partial charge in [-0.25, -0.2) is 13.9 Å². The normalized spacial score (nSPS) is 11.4. The fourth-order valence-electron chi connectivity index (χ4n) is 2.98. The van der Waals surface area contributed by atoms with E-state index in [0.29, 0.717) is 11.6 Å². The van der Waals surface area contributed by atoms with Gasteiger partial charge in [0, 0.05) is 43.2 Å². The molecule has 0 fully saturated rings. The predicted octanol–water partition coefficient (Wildman–Crippen LogP) is 2.61. The highest BCUT2D eigenvalue weighted by molar-refractivity contribution is 5.85. The number of aromatic nitrogens is 6. The minimum absolute atomic E-state index is 0.375. The number of nitrogens with zero attached hydrogens (tertiary/aromatic N) is 6. The van der Waals surface area contributed by atoms with Crippen molar-refractivity contribution < 1.29 is 9.13 Å². The van der Waals surface area contributed by atoms with Gasteiger partial charge in [-0.2, -0.15) is 10.2 Å². The summed E-state index contributed by atoms with van der Waals surface area (Å²) in [7, 11) is 5.28. The van der Waals surface area contributed by atoms with E-state index >= 15 is 0 Å². The number of halogens is 1. The Bertz CT molecular complexity index is 1060. The van der Waals surface area contributed by atoms with Crippen LogP contribution < -0.4 is 4.74 Å². The molecule has 0 unspecified atom stereocenters. The maximum atomic E-state index is 13.0. The van der Waals surface area contributed by atoms with E-state index in [1.165, 1.54) is 0 Å². The van der Waals surface area contributed by atoms with Crippen molar-refractivity contribution in [2.45, 2.75) is 6.67 Å². The molecule has 4 rings (SSSR count). The molecule has 128 valence electrons. The Kier molecular flexibility index (Phi) is 3.52. The van der Waals surface area contributed by atoms with Crippen molar-refractivity contribution in [2.75, 3.05) is 7.11 Å². The highest BCUT2D eigenvalue weighted by Crippen LogP contribution is 2.34. The number of hydrogen-bond donors (Lipinski definition) is 0. The second kappa shape index (κ2) is 5.73. The molecule has 4 heterocycles. The van der Waals surface area contributed by atoms with Gasteiger partial charge in [-0.1, -0.05) is 0 Å². The second-order valence-corrected chi connectivity index (χ2v) is 5.80. The monoisotopic (exact) mass is 340 g/mol. The smallest absolute Gasteiger partial charge is 0.147 e. The molecule has 0 amide bonds. The van der Waals surface area contributed by atoms with Crippen LogP contribution in [0.3, 0.4) is 0 Å². The zero-order valence-electron chi connectivity index (χ0n) is 14.1. The first kappa shape index (κ1) is 15.4. The lowest BCUT2D eigenvalue weighted by molar-refractivity contribution is 0.418. The molecule has 0 atom stereocenters. The lowest BCUT2D eigenvalue weighted by atomic mass is 10.1. The molecule has 7 nitrogen and oxygen atoms in total. The summed E-state index contributed by atoms with van der Waals surface area (Å²) < 4.78 is 23.8. The Morgan fingerprint density at radius 2 is 1.92 bits per heavy atom. The molecule has 8 heteroatoms. The number of hydrogen-bond acceptors (Lipinski definition) is 4. The molecule has 0 aliphatic rings. The summed E-state index contributed by atoms with van der Waals surface area (Å²) in [6.45, 7) is -0.613. The summed E-state index contributed by atoms with van der Waals surface area (Å²) in [5.41, 5.74) is 4.35.